The van der Waals surface area contributed by atoms with Crippen LogP contribution in [0.5, 0.6) is 0 Å². The summed E-state index contributed by atoms with van der Waals surface area (Å²) in [6.45, 7) is 4.31. The fraction of sp³-hybridized carbons (Fsp3) is 0.312. The number of aryl methyl sites for hydroxylation is 1. The van der Waals surface area contributed by atoms with Gasteiger partial charge in [0.05, 0.1) is 17.3 Å². The summed E-state index contributed by atoms with van der Waals surface area (Å²) in [5.74, 6) is 1.64. The molecule has 2 aromatic heterocycles. The Morgan fingerprint density at radius 1 is 1.25 bits per heavy atom. The lowest BCUT2D eigenvalue weighted by atomic mass is 9.94. The quantitative estimate of drug-likeness (QED) is 0.793. The first-order valence-electron chi connectivity index (χ1n) is 6.72. The van der Waals surface area contributed by atoms with Crippen LogP contribution in [0.3, 0.4) is 0 Å². The maximum Gasteiger partial charge on any atom is 0.176 e. The summed E-state index contributed by atoms with van der Waals surface area (Å²) in [6, 6.07) is 10.2. The summed E-state index contributed by atoms with van der Waals surface area (Å²) in [5.41, 5.74) is 3.24. The van der Waals surface area contributed by atoms with E-state index in [2.05, 4.69) is 41.9 Å². The van der Waals surface area contributed by atoms with Gasteiger partial charge in [-0.3, -0.25) is 0 Å². The van der Waals surface area contributed by atoms with Crippen LogP contribution in [-0.4, -0.2) is 16.6 Å². The molecule has 0 fully saturated rings. The third kappa shape index (κ3) is 1.93. The molecule has 0 amide bonds. The van der Waals surface area contributed by atoms with Crippen LogP contribution in [0.4, 0.5) is 0 Å². The first kappa shape index (κ1) is 12.9. The van der Waals surface area contributed by atoms with Gasteiger partial charge in [-0.25, -0.2) is 4.98 Å². The zero-order valence-electron chi connectivity index (χ0n) is 12.3. The molecule has 3 rings (SSSR count). The van der Waals surface area contributed by atoms with Gasteiger partial charge in [0.15, 0.2) is 11.6 Å². The molecule has 0 radical (unpaired) electrons. The third-order valence-electron chi connectivity index (χ3n) is 3.97. The molecular formula is C16H19N3O. The highest BCUT2D eigenvalue weighted by Gasteiger charge is 2.19. The van der Waals surface area contributed by atoms with Gasteiger partial charge in [0.1, 0.15) is 0 Å². The SMILES string of the molecule is CNC(C)(C)c1ccc2c(c1)nc(-c1ccco1)n2C. The molecule has 1 N–H and O–H groups in total. The highest BCUT2D eigenvalue weighted by Crippen LogP contribution is 2.27. The summed E-state index contributed by atoms with van der Waals surface area (Å²) < 4.78 is 7.51. The van der Waals surface area contributed by atoms with E-state index in [1.807, 2.05) is 26.2 Å². The largest absolute Gasteiger partial charge is 0.461 e. The number of imidazole rings is 1. The van der Waals surface area contributed by atoms with Crippen LogP contribution < -0.4 is 5.32 Å². The molecule has 0 unspecified atom stereocenters. The van der Waals surface area contributed by atoms with E-state index in [-0.39, 0.29) is 5.54 Å². The topological polar surface area (TPSA) is 43.0 Å². The molecule has 4 nitrogen and oxygen atoms in total. The van der Waals surface area contributed by atoms with Gasteiger partial charge in [0, 0.05) is 12.6 Å². The lowest BCUT2D eigenvalue weighted by Crippen LogP contribution is -2.32. The van der Waals surface area contributed by atoms with Crippen molar-refractivity contribution in [2.24, 2.45) is 7.05 Å². The summed E-state index contributed by atoms with van der Waals surface area (Å²) in [7, 11) is 3.98. The summed E-state index contributed by atoms with van der Waals surface area (Å²) in [6.07, 6.45) is 1.67. The van der Waals surface area contributed by atoms with E-state index < -0.39 is 0 Å². The van der Waals surface area contributed by atoms with Crippen molar-refractivity contribution >= 4 is 11.0 Å². The standard InChI is InChI=1S/C16H19N3O/c1-16(2,17-3)11-7-8-13-12(10-11)18-15(19(13)4)14-6-5-9-20-14/h5-10,17H,1-4H3. The van der Waals surface area contributed by atoms with Gasteiger partial charge in [0.2, 0.25) is 0 Å². The zero-order valence-corrected chi connectivity index (χ0v) is 12.3. The number of nitrogens with one attached hydrogen (secondary N) is 1. The number of aromatic nitrogens is 2. The highest BCUT2D eigenvalue weighted by atomic mass is 16.3. The molecule has 0 saturated heterocycles. The molecule has 104 valence electrons. The minimum atomic E-state index is -0.0729. The predicted octanol–water partition coefficient (Wildman–Crippen LogP) is 3.29. The number of benzene rings is 1. The van der Waals surface area contributed by atoms with E-state index in [0.717, 1.165) is 22.6 Å². The normalized spacial score (nSPS) is 12.2. The average Bonchev–Trinajstić information content (AvgIpc) is 3.06. The summed E-state index contributed by atoms with van der Waals surface area (Å²) >= 11 is 0. The van der Waals surface area contributed by atoms with Crippen molar-refractivity contribution in [1.29, 1.82) is 0 Å². The molecule has 0 aliphatic heterocycles. The van der Waals surface area contributed by atoms with Crippen molar-refractivity contribution < 1.29 is 4.42 Å². The molecule has 0 bridgehead atoms. The van der Waals surface area contributed by atoms with Crippen LogP contribution in [-0.2, 0) is 12.6 Å². The van der Waals surface area contributed by atoms with E-state index in [1.165, 1.54) is 5.56 Å². The Morgan fingerprint density at radius 2 is 2.05 bits per heavy atom. The Kier molecular flexibility index (Phi) is 2.91. The van der Waals surface area contributed by atoms with Gasteiger partial charge in [-0.1, -0.05) is 6.07 Å². The molecule has 0 spiro atoms. The molecule has 3 aromatic rings. The second-order valence-electron chi connectivity index (χ2n) is 5.55. The van der Waals surface area contributed by atoms with Gasteiger partial charge < -0.3 is 14.3 Å². The Balaban J connectivity index is 2.17. The molecule has 0 aliphatic rings. The molecule has 0 aliphatic carbocycles. The van der Waals surface area contributed by atoms with E-state index in [9.17, 15) is 0 Å². The van der Waals surface area contributed by atoms with Crippen molar-refractivity contribution in [2.75, 3.05) is 7.05 Å². The predicted molar refractivity (Wildman–Crippen MR) is 80.5 cm³/mol. The Bertz CT molecular complexity index is 739. The number of hydrogen-bond donors (Lipinski definition) is 1. The number of nitrogens with zero attached hydrogens (tertiary/aromatic N) is 2. The van der Waals surface area contributed by atoms with Crippen LogP contribution in [0.1, 0.15) is 19.4 Å². The van der Waals surface area contributed by atoms with E-state index in [0.29, 0.717) is 0 Å². The van der Waals surface area contributed by atoms with Gasteiger partial charge in [-0.05, 0) is 50.7 Å². The molecule has 1 aromatic carbocycles. The van der Waals surface area contributed by atoms with Gasteiger partial charge >= 0.3 is 0 Å². The molecule has 4 heteroatoms. The fourth-order valence-corrected chi connectivity index (χ4v) is 2.36. The third-order valence-corrected chi connectivity index (χ3v) is 3.97. The first-order valence-corrected chi connectivity index (χ1v) is 6.72. The number of fused-ring (bicyclic) bond motifs is 1. The smallest absolute Gasteiger partial charge is 0.176 e. The molecule has 0 saturated carbocycles. The Hall–Kier alpha value is -2.07. The molecule has 0 atom stereocenters. The second-order valence-corrected chi connectivity index (χ2v) is 5.55. The Labute approximate surface area is 118 Å². The second kappa shape index (κ2) is 4.49. The van der Waals surface area contributed by atoms with Crippen molar-refractivity contribution in [3.8, 4) is 11.6 Å². The van der Waals surface area contributed by atoms with Gasteiger partial charge in [-0.2, -0.15) is 0 Å². The van der Waals surface area contributed by atoms with E-state index in [4.69, 9.17) is 9.40 Å². The monoisotopic (exact) mass is 269 g/mol. The van der Waals surface area contributed by atoms with Crippen LogP contribution >= 0.6 is 0 Å². The van der Waals surface area contributed by atoms with Crippen molar-refractivity contribution in [3.05, 3.63) is 42.2 Å². The van der Waals surface area contributed by atoms with Crippen LogP contribution in [0.25, 0.3) is 22.6 Å². The van der Waals surface area contributed by atoms with Crippen molar-refractivity contribution in [3.63, 3.8) is 0 Å². The minimum absolute atomic E-state index is 0.0729. The lowest BCUT2D eigenvalue weighted by Gasteiger charge is -2.24. The fourth-order valence-electron chi connectivity index (χ4n) is 2.36. The average molecular weight is 269 g/mol. The number of hydrogen-bond acceptors (Lipinski definition) is 3. The maximum atomic E-state index is 5.45. The number of furan rings is 1. The first-order chi connectivity index (χ1) is 9.53. The zero-order chi connectivity index (χ0) is 14.3. The van der Waals surface area contributed by atoms with E-state index >= 15 is 0 Å². The van der Waals surface area contributed by atoms with Crippen molar-refractivity contribution in [2.45, 2.75) is 19.4 Å². The number of rotatable bonds is 3. The molecule has 2 heterocycles. The maximum absolute atomic E-state index is 5.45. The van der Waals surface area contributed by atoms with E-state index in [1.54, 1.807) is 6.26 Å². The molecular weight excluding hydrogens is 250 g/mol. The van der Waals surface area contributed by atoms with Gasteiger partial charge in [0.25, 0.3) is 0 Å². The van der Waals surface area contributed by atoms with Crippen LogP contribution in [0.15, 0.2) is 41.0 Å². The highest BCUT2D eigenvalue weighted by molar-refractivity contribution is 5.80. The van der Waals surface area contributed by atoms with Crippen LogP contribution in [0.2, 0.25) is 0 Å². The summed E-state index contributed by atoms with van der Waals surface area (Å²) in [5, 5.41) is 3.32. The Morgan fingerprint density at radius 3 is 2.70 bits per heavy atom. The summed E-state index contributed by atoms with van der Waals surface area (Å²) in [4.78, 5) is 4.70. The molecule has 20 heavy (non-hydrogen) atoms. The van der Waals surface area contributed by atoms with Gasteiger partial charge in [-0.15, -0.1) is 0 Å². The minimum Gasteiger partial charge on any atom is -0.461 e. The lowest BCUT2D eigenvalue weighted by molar-refractivity contribution is 0.445. The van der Waals surface area contributed by atoms with Crippen molar-refractivity contribution in [1.82, 2.24) is 14.9 Å². The van der Waals surface area contributed by atoms with Crippen LogP contribution in [0, 0.1) is 0 Å².